The standard InChI is InChI=1S/C14H22BrNO/c1-11(2)5-4-8-17-14-7-6-13(15)9-12(14)10-16-3/h6-7,9,11,16H,4-5,8,10H2,1-3H3. The van der Waals surface area contributed by atoms with E-state index in [1.807, 2.05) is 19.2 Å². The molecule has 0 aliphatic carbocycles. The monoisotopic (exact) mass is 299 g/mol. The molecular weight excluding hydrogens is 278 g/mol. The van der Waals surface area contributed by atoms with Gasteiger partial charge in [0.25, 0.3) is 0 Å². The molecule has 96 valence electrons. The fourth-order valence-corrected chi connectivity index (χ4v) is 2.10. The van der Waals surface area contributed by atoms with Crippen LogP contribution in [0.2, 0.25) is 0 Å². The predicted molar refractivity (Wildman–Crippen MR) is 76.5 cm³/mol. The largest absolute Gasteiger partial charge is 0.493 e. The van der Waals surface area contributed by atoms with Gasteiger partial charge in [0.05, 0.1) is 6.61 Å². The maximum Gasteiger partial charge on any atom is 0.123 e. The van der Waals surface area contributed by atoms with Gasteiger partial charge in [0.15, 0.2) is 0 Å². The van der Waals surface area contributed by atoms with E-state index in [1.165, 1.54) is 12.0 Å². The van der Waals surface area contributed by atoms with Crippen LogP contribution in [0, 0.1) is 5.92 Å². The molecule has 0 atom stereocenters. The van der Waals surface area contributed by atoms with Crippen LogP contribution in [0.5, 0.6) is 5.75 Å². The first-order chi connectivity index (χ1) is 8.13. The Morgan fingerprint density at radius 1 is 1.35 bits per heavy atom. The second-order valence-electron chi connectivity index (χ2n) is 4.67. The second kappa shape index (κ2) is 7.72. The van der Waals surface area contributed by atoms with Crippen molar-refractivity contribution in [3.63, 3.8) is 0 Å². The number of rotatable bonds is 7. The molecule has 3 heteroatoms. The van der Waals surface area contributed by atoms with Crippen LogP contribution < -0.4 is 10.1 Å². The van der Waals surface area contributed by atoms with Crippen molar-refractivity contribution in [1.29, 1.82) is 0 Å². The molecule has 0 unspecified atom stereocenters. The molecule has 1 N–H and O–H groups in total. The molecule has 0 radical (unpaired) electrons. The average Bonchev–Trinajstić information content (AvgIpc) is 2.27. The Labute approximate surface area is 113 Å². The van der Waals surface area contributed by atoms with Gasteiger partial charge in [-0.1, -0.05) is 29.8 Å². The van der Waals surface area contributed by atoms with Crippen molar-refractivity contribution in [2.24, 2.45) is 5.92 Å². The zero-order valence-electron chi connectivity index (χ0n) is 10.9. The summed E-state index contributed by atoms with van der Waals surface area (Å²) < 4.78 is 6.93. The molecule has 0 heterocycles. The van der Waals surface area contributed by atoms with Crippen LogP contribution >= 0.6 is 15.9 Å². The normalized spacial score (nSPS) is 10.9. The van der Waals surface area contributed by atoms with Gasteiger partial charge in [-0.15, -0.1) is 0 Å². The summed E-state index contributed by atoms with van der Waals surface area (Å²) in [4.78, 5) is 0. The molecule has 1 aromatic rings. The summed E-state index contributed by atoms with van der Waals surface area (Å²) >= 11 is 3.48. The van der Waals surface area contributed by atoms with E-state index in [2.05, 4.69) is 41.2 Å². The molecule has 0 amide bonds. The number of ether oxygens (including phenoxy) is 1. The summed E-state index contributed by atoms with van der Waals surface area (Å²) in [5, 5.41) is 3.16. The minimum absolute atomic E-state index is 0.750. The predicted octanol–water partition coefficient (Wildman–Crippen LogP) is 3.98. The lowest BCUT2D eigenvalue weighted by atomic mass is 10.1. The fourth-order valence-electron chi connectivity index (χ4n) is 1.69. The first-order valence-electron chi connectivity index (χ1n) is 6.19. The Bertz CT molecular complexity index is 339. The molecule has 0 saturated heterocycles. The molecule has 0 aromatic heterocycles. The summed E-state index contributed by atoms with van der Waals surface area (Å²) in [6, 6.07) is 6.16. The van der Waals surface area contributed by atoms with Gasteiger partial charge in [-0.25, -0.2) is 0 Å². The van der Waals surface area contributed by atoms with E-state index in [0.29, 0.717) is 0 Å². The highest BCUT2D eigenvalue weighted by atomic mass is 79.9. The average molecular weight is 300 g/mol. The van der Waals surface area contributed by atoms with E-state index < -0.39 is 0 Å². The molecule has 0 aliphatic rings. The Hall–Kier alpha value is -0.540. The molecule has 2 nitrogen and oxygen atoms in total. The van der Waals surface area contributed by atoms with Crippen molar-refractivity contribution in [3.8, 4) is 5.75 Å². The van der Waals surface area contributed by atoms with E-state index in [1.54, 1.807) is 0 Å². The van der Waals surface area contributed by atoms with Crippen LogP contribution in [0.15, 0.2) is 22.7 Å². The second-order valence-corrected chi connectivity index (χ2v) is 5.58. The van der Waals surface area contributed by atoms with Crippen molar-refractivity contribution >= 4 is 15.9 Å². The lowest BCUT2D eigenvalue weighted by molar-refractivity contribution is 0.294. The van der Waals surface area contributed by atoms with Crippen LogP contribution in [-0.2, 0) is 6.54 Å². The van der Waals surface area contributed by atoms with Gasteiger partial charge in [-0.05, 0) is 44.0 Å². The van der Waals surface area contributed by atoms with Crippen molar-refractivity contribution < 1.29 is 4.74 Å². The summed E-state index contributed by atoms with van der Waals surface area (Å²) in [6.07, 6.45) is 2.34. The van der Waals surface area contributed by atoms with Crippen LogP contribution in [0.4, 0.5) is 0 Å². The number of nitrogens with one attached hydrogen (secondary N) is 1. The SMILES string of the molecule is CNCc1cc(Br)ccc1OCCCC(C)C. The number of halogens is 1. The smallest absolute Gasteiger partial charge is 0.123 e. The molecule has 0 bridgehead atoms. The van der Waals surface area contributed by atoms with Gasteiger partial charge < -0.3 is 10.1 Å². The quantitative estimate of drug-likeness (QED) is 0.769. The molecule has 0 spiro atoms. The van der Waals surface area contributed by atoms with E-state index >= 15 is 0 Å². The van der Waals surface area contributed by atoms with E-state index in [-0.39, 0.29) is 0 Å². The van der Waals surface area contributed by atoms with Crippen molar-refractivity contribution in [2.45, 2.75) is 33.2 Å². The highest BCUT2D eigenvalue weighted by molar-refractivity contribution is 9.10. The van der Waals surface area contributed by atoms with Crippen LogP contribution in [0.1, 0.15) is 32.3 Å². The van der Waals surface area contributed by atoms with Crippen LogP contribution in [-0.4, -0.2) is 13.7 Å². The minimum atomic E-state index is 0.750. The Morgan fingerprint density at radius 2 is 2.12 bits per heavy atom. The zero-order valence-corrected chi connectivity index (χ0v) is 12.5. The third-order valence-electron chi connectivity index (χ3n) is 2.57. The molecule has 0 fully saturated rings. The molecule has 0 aliphatic heterocycles. The highest BCUT2D eigenvalue weighted by Gasteiger charge is 2.04. The van der Waals surface area contributed by atoms with Crippen molar-refractivity contribution in [3.05, 3.63) is 28.2 Å². The summed E-state index contributed by atoms with van der Waals surface area (Å²) in [5.74, 6) is 1.74. The van der Waals surface area contributed by atoms with Gasteiger partial charge in [-0.3, -0.25) is 0 Å². The van der Waals surface area contributed by atoms with Gasteiger partial charge in [0.2, 0.25) is 0 Å². The minimum Gasteiger partial charge on any atom is -0.493 e. The van der Waals surface area contributed by atoms with Crippen LogP contribution in [0.3, 0.4) is 0 Å². The van der Waals surface area contributed by atoms with E-state index in [9.17, 15) is 0 Å². The zero-order chi connectivity index (χ0) is 12.7. The molecular formula is C14H22BrNO. The third-order valence-corrected chi connectivity index (χ3v) is 3.07. The first kappa shape index (κ1) is 14.5. The van der Waals surface area contributed by atoms with Crippen molar-refractivity contribution in [1.82, 2.24) is 5.32 Å². The van der Waals surface area contributed by atoms with E-state index in [0.717, 1.165) is 35.7 Å². The summed E-state index contributed by atoms with van der Waals surface area (Å²) in [5.41, 5.74) is 1.20. The van der Waals surface area contributed by atoms with Crippen molar-refractivity contribution in [2.75, 3.05) is 13.7 Å². The number of hydrogen-bond acceptors (Lipinski definition) is 2. The lowest BCUT2D eigenvalue weighted by Gasteiger charge is -2.12. The fraction of sp³-hybridized carbons (Fsp3) is 0.571. The first-order valence-corrected chi connectivity index (χ1v) is 6.98. The Morgan fingerprint density at radius 3 is 2.76 bits per heavy atom. The maximum absolute atomic E-state index is 5.83. The lowest BCUT2D eigenvalue weighted by Crippen LogP contribution is -2.08. The number of hydrogen-bond donors (Lipinski definition) is 1. The molecule has 0 saturated carbocycles. The maximum atomic E-state index is 5.83. The molecule has 17 heavy (non-hydrogen) atoms. The van der Waals surface area contributed by atoms with Crippen LogP contribution in [0.25, 0.3) is 0 Å². The van der Waals surface area contributed by atoms with Gasteiger partial charge in [-0.2, -0.15) is 0 Å². The summed E-state index contributed by atoms with van der Waals surface area (Å²) in [6.45, 7) is 6.12. The third kappa shape index (κ3) is 5.55. The topological polar surface area (TPSA) is 21.3 Å². The number of benzene rings is 1. The Balaban J connectivity index is 2.51. The molecule has 1 rings (SSSR count). The summed E-state index contributed by atoms with van der Waals surface area (Å²) in [7, 11) is 1.95. The van der Waals surface area contributed by atoms with Gasteiger partial charge in [0.1, 0.15) is 5.75 Å². The van der Waals surface area contributed by atoms with Gasteiger partial charge >= 0.3 is 0 Å². The Kier molecular flexibility index (Phi) is 6.60. The van der Waals surface area contributed by atoms with E-state index in [4.69, 9.17) is 4.74 Å². The highest BCUT2D eigenvalue weighted by Crippen LogP contribution is 2.23. The molecule has 1 aromatic carbocycles. The van der Waals surface area contributed by atoms with Gasteiger partial charge in [0, 0.05) is 16.6 Å².